The Morgan fingerprint density at radius 1 is 0.870 bits per heavy atom. The lowest BCUT2D eigenvalue weighted by Gasteiger charge is -2.10. The van der Waals surface area contributed by atoms with E-state index in [1.807, 2.05) is 0 Å². The monoisotopic (exact) mass is 318 g/mol. The molecule has 0 amide bonds. The summed E-state index contributed by atoms with van der Waals surface area (Å²) in [7, 11) is 2.75. The van der Waals surface area contributed by atoms with Crippen molar-refractivity contribution in [3.63, 3.8) is 0 Å². The van der Waals surface area contributed by atoms with Gasteiger partial charge in [-0.05, 0) is 36.4 Å². The Bertz CT molecular complexity index is 752. The lowest BCUT2D eigenvalue weighted by molar-refractivity contribution is 0.0686. The molecule has 0 aliphatic rings. The van der Waals surface area contributed by atoms with E-state index in [0.29, 0.717) is 0 Å². The highest BCUT2D eigenvalue weighted by atomic mass is 16.6. The molecule has 2 N–H and O–H groups in total. The Hall–Kier alpha value is -3.22. The van der Waals surface area contributed by atoms with Crippen LogP contribution >= 0.6 is 0 Å². The number of carboxylic acids is 1. The van der Waals surface area contributed by atoms with Crippen LogP contribution in [-0.2, 0) is 0 Å². The van der Waals surface area contributed by atoms with Gasteiger partial charge in [0.2, 0.25) is 0 Å². The van der Waals surface area contributed by atoms with Crippen molar-refractivity contribution in [2.45, 2.75) is 0 Å². The minimum absolute atomic E-state index is 0.0345. The van der Waals surface area contributed by atoms with E-state index in [0.717, 1.165) is 0 Å². The third-order valence-electron chi connectivity index (χ3n) is 3.03. The highest BCUT2D eigenvalue weighted by Crippen LogP contribution is 2.30. The molecule has 0 aromatic heterocycles. The van der Waals surface area contributed by atoms with Gasteiger partial charge >= 0.3 is 11.9 Å². The second-order valence-electron chi connectivity index (χ2n) is 4.45. The van der Waals surface area contributed by atoms with E-state index in [1.165, 1.54) is 50.6 Å². The van der Waals surface area contributed by atoms with Crippen LogP contribution in [0.1, 0.15) is 20.7 Å². The lowest BCUT2D eigenvalue weighted by atomic mass is 10.2. The van der Waals surface area contributed by atoms with E-state index in [2.05, 4.69) is 0 Å². The summed E-state index contributed by atoms with van der Waals surface area (Å²) in [5.74, 6) is -1.76. The normalized spacial score (nSPS) is 10.0. The first-order valence-corrected chi connectivity index (χ1v) is 6.46. The minimum Gasteiger partial charge on any atom is -0.504 e. The summed E-state index contributed by atoms with van der Waals surface area (Å²) in [6, 6.07) is 7.91. The predicted octanol–water partition coefficient (Wildman–Crippen LogP) is 2.33. The van der Waals surface area contributed by atoms with Gasteiger partial charge in [-0.15, -0.1) is 0 Å². The number of ether oxygens (including phenoxy) is 3. The number of hydrogen-bond acceptors (Lipinski definition) is 6. The Morgan fingerprint density at radius 3 is 2.04 bits per heavy atom. The average molecular weight is 318 g/mol. The summed E-state index contributed by atoms with van der Waals surface area (Å²) in [4.78, 5) is 23.1. The van der Waals surface area contributed by atoms with Crippen molar-refractivity contribution in [2.24, 2.45) is 0 Å². The van der Waals surface area contributed by atoms with Gasteiger partial charge in [-0.25, -0.2) is 9.59 Å². The Balaban J connectivity index is 2.30. The molecule has 0 radical (unpaired) electrons. The van der Waals surface area contributed by atoms with Crippen molar-refractivity contribution in [1.82, 2.24) is 0 Å². The number of phenolic OH excluding ortho intramolecular Hbond substituents is 1. The molecular formula is C16H14O7. The zero-order valence-electron chi connectivity index (χ0n) is 12.4. The van der Waals surface area contributed by atoms with E-state index >= 15 is 0 Å². The van der Waals surface area contributed by atoms with Crippen molar-refractivity contribution >= 4 is 11.9 Å². The first-order chi connectivity index (χ1) is 11.0. The molecule has 0 atom stereocenters. The topological polar surface area (TPSA) is 102 Å². The fraction of sp³-hybridized carbons (Fsp3) is 0.125. The molecule has 0 heterocycles. The summed E-state index contributed by atoms with van der Waals surface area (Å²) in [6.07, 6.45) is 0. The van der Waals surface area contributed by atoms with E-state index in [-0.39, 0.29) is 34.1 Å². The van der Waals surface area contributed by atoms with E-state index in [9.17, 15) is 14.7 Å². The number of carbonyl (C=O) groups is 2. The molecule has 120 valence electrons. The number of rotatable bonds is 5. The van der Waals surface area contributed by atoms with Gasteiger partial charge in [0.15, 0.2) is 23.0 Å². The molecule has 0 unspecified atom stereocenters. The molecule has 0 saturated carbocycles. The van der Waals surface area contributed by atoms with Crippen LogP contribution < -0.4 is 14.2 Å². The van der Waals surface area contributed by atoms with Crippen LogP contribution in [0.15, 0.2) is 36.4 Å². The quantitative estimate of drug-likeness (QED) is 0.644. The Kier molecular flexibility index (Phi) is 4.70. The van der Waals surface area contributed by atoms with Gasteiger partial charge in [-0.1, -0.05) is 0 Å². The third-order valence-corrected chi connectivity index (χ3v) is 3.03. The minimum atomic E-state index is -1.16. The fourth-order valence-corrected chi connectivity index (χ4v) is 1.87. The van der Waals surface area contributed by atoms with Crippen LogP contribution in [-0.4, -0.2) is 36.4 Å². The van der Waals surface area contributed by atoms with Gasteiger partial charge in [-0.2, -0.15) is 0 Å². The number of carboxylic acid groups (broad SMARTS) is 1. The van der Waals surface area contributed by atoms with Crippen molar-refractivity contribution in [1.29, 1.82) is 0 Å². The third kappa shape index (κ3) is 3.52. The van der Waals surface area contributed by atoms with Gasteiger partial charge in [0.1, 0.15) is 0 Å². The lowest BCUT2D eigenvalue weighted by Crippen LogP contribution is -2.10. The molecule has 0 fully saturated rings. The van der Waals surface area contributed by atoms with Crippen LogP contribution in [0.5, 0.6) is 23.0 Å². The van der Waals surface area contributed by atoms with Crippen molar-refractivity contribution < 1.29 is 34.0 Å². The smallest absolute Gasteiger partial charge is 0.343 e. The summed E-state index contributed by atoms with van der Waals surface area (Å²) in [6.45, 7) is 0. The largest absolute Gasteiger partial charge is 0.504 e. The number of aromatic carboxylic acids is 1. The Morgan fingerprint density at radius 2 is 1.48 bits per heavy atom. The highest BCUT2D eigenvalue weighted by molar-refractivity contribution is 5.93. The second-order valence-corrected chi connectivity index (χ2v) is 4.45. The second kappa shape index (κ2) is 6.69. The molecule has 2 aromatic carbocycles. The molecule has 2 aromatic rings. The fourth-order valence-electron chi connectivity index (χ4n) is 1.87. The number of benzene rings is 2. The van der Waals surface area contributed by atoms with Crippen molar-refractivity contribution in [3.8, 4) is 23.0 Å². The average Bonchev–Trinajstić information content (AvgIpc) is 2.54. The van der Waals surface area contributed by atoms with E-state index in [1.54, 1.807) is 0 Å². The van der Waals surface area contributed by atoms with Crippen LogP contribution in [0.3, 0.4) is 0 Å². The molecule has 0 spiro atoms. The predicted molar refractivity (Wildman–Crippen MR) is 79.6 cm³/mol. The molecule has 0 saturated heterocycles. The van der Waals surface area contributed by atoms with Crippen LogP contribution in [0.4, 0.5) is 0 Å². The highest BCUT2D eigenvalue weighted by Gasteiger charge is 2.16. The first-order valence-electron chi connectivity index (χ1n) is 6.46. The maximum absolute atomic E-state index is 12.1. The number of carbonyl (C=O) groups excluding carboxylic acids is 1. The molecular weight excluding hydrogens is 304 g/mol. The van der Waals surface area contributed by atoms with Gasteiger partial charge in [0, 0.05) is 0 Å². The van der Waals surface area contributed by atoms with E-state index < -0.39 is 11.9 Å². The van der Waals surface area contributed by atoms with Crippen molar-refractivity contribution in [3.05, 3.63) is 47.5 Å². The molecule has 2 rings (SSSR count). The van der Waals surface area contributed by atoms with Gasteiger partial charge < -0.3 is 24.4 Å². The molecule has 0 bridgehead atoms. The summed E-state index contributed by atoms with van der Waals surface area (Å²) in [5.41, 5.74) is 0.0252. The van der Waals surface area contributed by atoms with Crippen LogP contribution in [0.2, 0.25) is 0 Å². The maximum Gasteiger partial charge on any atom is 0.343 e. The summed E-state index contributed by atoms with van der Waals surface area (Å²) < 4.78 is 15.1. The van der Waals surface area contributed by atoms with E-state index in [4.69, 9.17) is 19.3 Å². The Labute approximate surface area is 131 Å². The number of esters is 1. The molecule has 0 aliphatic heterocycles. The zero-order chi connectivity index (χ0) is 17.0. The van der Waals surface area contributed by atoms with Gasteiger partial charge in [-0.3, -0.25) is 0 Å². The van der Waals surface area contributed by atoms with Gasteiger partial charge in [0.05, 0.1) is 25.3 Å². The molecule has 23 heavy (non-hydrogen) atoms. The first kappa shape index (κ1) is 16.2. The number of hydrogen-bond donors (Lipinski definition) is 2. The maximum atomic E-state index is 12.1. The summed E-state index contributed by atoms with van der Waals surface area (Å²) in [5, 5.41) is 18.7. The number of aromatic hydroxyl groups is 1. The van der Waals surface area contributed by atoms with Crippen LogP contribution in [0, 0.1) is 0 Å². The molecule has 0 aliphatic carbocycles. The number of methoxy groups -OCH3 is 2. The standard InChI is InChI=1S/C16H14O7/c1-21-12-5-4-10(7-11(12)17)16(20)23-14-8-9(15(18)19)3-6-13(14)22-2/h3-8,17H,1-2H3,(H,18,19). The summed E-state index contributed by atoms with van der Waals surface area (Å²) >= 11 is 0. The molecule has 7 heteroatoms. The van der Waals surface area contributed by atoms with Crippen molar-refractivity contribution in [2.75, 3.05) is 14.2 Å². The van der Waals surface area contributed by atoms with Crippen LogP contribution in [0.25, 0.3) is 0 Å². The van der Waals surface area contributed by atoms with Gasteiger partial charge in [0.25, 0.3) is 0 Å². The molecule has 7 nitrogen and oxygen atoms in total. The zero-order valence-corrected chi connectivity index (χ0v) is 12.4. The SMILES string of the molecule is COc1ccc(C(=O)Oc2cc(C(=O)O)ccc2OC)cc1O. The number of phenols is 1.